The van der Waals surface area contributed by atoms with Gasteiger partial charge in [-0.3, -0.25) is 4.98 Å². The van der Waals surface area contributed by atoms with Gasteiger partial charge in [0.1, 0.15) is 0 Å². The van der Waals surface area contributed by atoms with Gasteiger partial charge in [0, 0.05) is 27.8 Å². The molecule has 102 valence electrons. The molecule has 0 amide bonds. The van der Waals surface area contributed by atoms with Gasteiger partial charge in [-0.05, 0) is 56.9 Å². The zero-order chi connectivity index (χ0) is 14.2. The second-order valence-electron chi connectivity index (χ2n) is 4.96. The van der Waals surface area contributed by atoms with Crippen LogP contribution in [0.3, 0.4) is 0 Å². The van der Waals surface area contributed by atoms with Gasteiger partial charge in [-0.25, -0.2) is 0 Å². The fourth-order valence-electron chi connectivity index (χ4n) is 2.73. The van der Waals surface area contributed by atoms with Crippen molar-refractivity contribution in [2.24, 2.45) is 0 Å². The first-order valence-corrected chi connectivity index (χ1v) is 7.63. The third kappa shape index (κ3) is 2.36. The summed E-state index contributed by atoms with van der Waals surface area (Å²) >= 11 is 3.69. The van der Waals surface area contributed by atoms with Gasteiger partial charge in [-0.1, -0.05) is 22.9 Å². The van der Waals surface area contributed by atoms with E-state index in [-0.39, 0.29) is 0 Å². The summed E-state index contributed by atoms with van der Waals surface area (Å²) in [5.74, 6) is 0. The first-order chi connectivity index (χ1) is 9.01. The van der Waals surface area contributed by atoms with E-state index in [4.69, 9.17) is 4.98 Å². The number of hydrogen-bond donors (Lipinski definition) is 1. The average Bonchev–Trinajstić information content (AvgIpc) is 2.36. The summed E-state index contributed by atoms with van der Waals surface area (Å²) in [6.07, 6.45) is 1.00. The van der Waals surface area contributed by atoms with E-state index in [9.17, 15) is 0 Å². The largest absolute Gasteiger partial charge is 0.384 e. The minimum atomic E-state index is 0.927. The van der Waals surface area contributed by atoms with Crippen LogP contribution in [0.2, 0.25) is 0 Å². The highest BCUT2D eigenvalue weighted by Crippen LogP contribution is 2.36. The number of hydrogen-bond acceptors (Lipinski definition) is 2. The SMILES string of the molecule is CCNc1c(CC)c(C)nc2cc(C)c(Br)c(C)c12. The Morgan fingerprint density at radius 3 is 2.47 bits per heavy atom. The summed E-state index contributed by atoms with van der Waals surface area (Å²) in [7, 11) is 0. The molecule has 1 aromatic heterocycles. The molecule has 1 N–H and O–H groups in total. The number of pyridine rings is 1. The van der Waals surface area contributed by atoms with E-state index in [0.29, 0.717) is 0 Å². The molecule has 0 saturated heterocycles. The van der Waals surface area contributed by atoms with Crippen LogP contribution in [0.4, 0.5) is 5.69 Å². The van der Waals surface area contributed by atoms with Crippen molar-refractivity contribution in [1.29, 1.82) is 0 Å². The van der Waals surface area contributed by atoms with Crippen LogP contribution in [0.1, 0.15) is 36.2 Å². The van der Waals surface area contributed by atoms with Gasteiger partial charge in [-0.15, -0.1) is 0 Å². The molecule has 0 aliphatic heterocycles. The molecule has 0 radical (unpaired) electrons. The van der Waals surface area contributed by atoms with Gasteiger partial charge in [0.15, 0.2) is 0 Å². The predicted molar refractivity (Wildman–Crippen MR) is 87.2 cm³/mol. The normalized spacial score (nSPS) is 11.1. The Kier molecular flexibility index (Phi) is 4.14. The van der Waals surface area contributed by atoms with Crippen LogP contribution in [0.25, 0.3) is 10.9 Å². The van der Waals surface area contributed by atoms with E-state index < -0.39 is 0 Å². The van der Waals surface area contributed by atoms with Crippen LogP contribution >= 0.6 is 15.9 Å². The highest BCUT2D eigenvalue weighted by atomic mass is 79.9. The molecule has 0 fully saturated rings. The number of rotatable bonds is 3. The molecule has 0 bridgehead atoms. The van der Waals surface area contributed by atoms with E-state index in [0.717, 1.165) is 24.2 Å². The lowest BCUT2D eigenvalue weighted by molar-refractivity contribution is 1.05. The molecular weight excluding hydrogens is 300 g/mol. The van der Waals surface area contributed by atoms with Crippen molar-refractivity contribution in [1.82, 2.24) is 4.98 Å². The monoisotopic (exact) mass is 320 g/mol. The molecule has 2 rings (SSSR count). The minimum Gasteiger partial charge on any atom is -0.384 e. The maximum atomic E-state index is 4.79. The lowest BCUT2D eigenvalue weighted by atomic mass is 9.99. The van der Waals surface area contributed by atoms with Crippen LogP contribution in [-0.4, -0.2) is 11.5 Å². The summed E-state index contributed by atoms with van der Waals surface area (Å²) in [4.78, 5) is 4.79. The zero-order valence-electron chi connectivity index (χ0n) is 12.3. The molecule has 19 heavy (non-hydrogen) atoms. The third-order valence-corrected chi connectivity index (χ3v) is 4.86. The highest BCUT2D eigenvalue weighted by molar-refractivity contribution is 9.10. The van der Waals surface area contributed by atoms with Crippen molar-refractivity contribution in [3.8, 4) is 0 Å². The first kappa shape index (κ1) is 14.3. The number of aryl methyl sites for hydroxylation is 3. The van der Waals surface area contributed by atoms with Gasteiger partial charge >= 0.3 is 0 Å². The minimum absolute atomic E-state index is 0.927. The molecule has 2 nitrogen and oxygen atoms in total. The molecule has 1 heterocycles. The molecule has 0 atom stereocenters. The maximum Gasteiger partial charge on any atom is 0.0732 e. The molecule has 0 spiro atoms. The fraction of sp³-hybridized carbons (Fsp3) is 0.438. The van der Waals surface area contributed by atoms with Crippen LogP contribution in [-0.2, 0) is 6.42 Å². The standard InChI is InChI=1S/C16H21BrN2/c1-6-12-11(5)19-13-8-9(3)15(17)10(4)14(13)16(12)18-7-2/h8H,6-7H2,1-5H3,(H,18,19). The van der Waals surface area contributed by atoms with E-state index in [2.05, 4.69) is 61.9 Å². The van der Waals surface area contributed by atoms with Crippen LogP contribution < -0.4 is 5.32 Å². The Balaban J connectivity index is 2.94. The lowest BCUT2D eigenvalue weighted by Gasteiger charge is -2.18. The molecule has 0 aliphatic carbocycles. The van der Waals surface area contributed by atoms with Crippen molar-refractivity contribution < 1.29 is 0 Å². The maximum absolute atomic E-state index is 4.79. The molecule has 0 saturated carbocycles. The number of anilines is 1. The Morgan fingerprint density at radius 2 is 1.89 bits per heavy atom. The highest BCUT2D eigenvalue weighted by Gasteiger charge is 2.15. The van der Waals surface area contributed by atoms with Gasteiger partial charge < -0.3 is 5.32 Å². The molecule has 1 aromatic carbocycles. The summed E-state index contributed by atoms with van der Waals surface area (Å²) < 4.78 is 1.19. The van der Waals surface area contributed by atoms with E-state index >= 15 is 0 Å². The Morgan fingerprint density at radius 1 is 1.21 bits per heavy atom. The number of fused-ring (bicyclic) bond motifs is 1. The predicted octanol–water partition coefficient (Wildman–Crippen LogP) is 4.92. The quantitative estimate of drug-likeness (QED) is 0.868. The van der Waals surface area contributed by atoms with Gasteiger partial charge in [0.25, 0.3) is 0 Å². The van der Waals surface area contributed by atoms with E-state index in [1.54, 1.807) is 0 Å². The van der Waals surface area contributed by atoms with Crippen molar-refractivity contribution >= 4 is 32.5 Å². The fourth-order valence-corrected chi connectivity index (χ4v) is 3.04. The lowest BCUT2D eigenvalue weighted by Crippen LogP contribution is -2.06. The summed E-state index contributed by atoms with van der Waals surface area (Å²) in [5, 5.41) is 4.79. The topological polar surface area (TPSA) is 24.9 Å². The molecule has 3 heteroatoms. The van der Waals surface area contributed by atoms with Crippen molar-refractivity contribution in [2.75, 3.05) is 11.9 Å². The molecule has 0 aliphatic rings. The number of halogens is 1. The zero-order valence-corrected chi connectivity index (χ0v) is 13.9. The van der Waals surface area contributed by atoms with E-state index in [1.807, 2.05) is 0 Å². The summed E-state index contributed by atoms with van der Waals surface area (Å²) in [6, 6.07) is 2.17. The number of nitrogens with one attached hydrogen (secondary N) is 1. The van der Waals surface area contributed by atoms with Crippen molar-refractivity contribution in [3.05, 3.63) is 32.9 Å². The number of nitrogens with zero attached hydrogens (tertiary/aromatic N) is 1. The van der Waals surface area contributed by atoms with Crippen LogP contribution in [0.15, 0.2) is 10.5 Å². The van der Waals surface area contributed by atoms with Crippen molar-refractivity contribution in [3.63, 3.8) is 0 Å². The Bertz CT molecular complexity index is 633. The number of benzene rings is 1. The summed E-state index contributed by atoms with van der Waals surface area (Å²) in [5.41, 5.74) is 7.31. The second kappa shape index (κ2) is 5.49. The van der Waals surface area contributed by atoms with Crippen LogP contribution in [0, 0.1) is 20.8 Å². The Labute approximate surface area is 123 Å². The van der Waals surface area contributed by atoms with Crippen molar-refractivity contribution in [2.45, 2.75) is 41.0 Å². The first-order valence-electron chi connectivity index (χ1n) is 6.83. The average molecular weight is 321 g/mol. The molecule has 0 unspecified atom stereocenters. The molecule has 2 aromatic rings. The van der Waals surface area contributed by atoms with Gasteiger partial charge in [-0.2, -0.15) is 0 Å². The second-order valence-corrected chi connectivity index (χ2v) is 5.75. The number of aromatic nitrogens is 1. The van der Waals surface area contributed by atoms with E-state index in [1.165, 1.54) is 32.2 Å². The Hall–Kier alpha value is -1.09. The third-order valence-electron chi connectivity index (χ3n) is 3.64. The summed E-state index contributed by atoms with van der Waals surface area (Å²) in [6.45, 7) is 11.6. The molecular formula is C16H21BrN2. The smallest absolute Gasteiger partial charge is 0.0732 e. The van der Waals surface area contributed by atoms with Gasteiger partial charge in [0.2, 0.25) is 0 Å². The van der Waals surface area contributed by atoms with Crippen LogP contribution in [0.5, 0.6) is 0 Å². The van der Waals surface area contributed by atoms with Gasteiger partial charge in [0.05, 0.1) is 5.52 Å².